The number of pyridine rings is 1. The van der Waals surface area contributed by atoms with Crippen molar-refractivity contribution in [2.45, 2.75) is 26.3 Å². The SMILES string of the molecule is Cc1nc(-c2cccnc2)[nH]c(=O)c1CCC(=O)NCc1ccccc1. The van der Waals surface area contributed by atoms with E-state index < -0.39 is 0 Å². The van der Waals surface area contributed by atoms with E-state index in [1.54, 1.807) is 25.4 Å². The Hall–Kier alpha value is -3.28. The first-order valence-corrected chi connectivity index (χ1v) is 8.44. The molecule has 26 heavy (non-hydrogen) atoms. The first kappa shape index (κ1) is 17.5. The average Bonchev–Trinajstić information content (AvgIpc) is 2.67. The fourth-order valence-corrected chi connectivity index (χ4v) is 2.67. The minimum Gasteiger partial charge on any atom is -0.352 e. The van der Waals surface area contributed by atoms with Gasteiger partial charge in [-0.3, -0.25) is 14.6 Å². The maximum Gasteiger partial charge on any atom is 0.254 e. The third-order valence-electron chi connectivity index (χ3n) is 4.09. The van der Waals surface area contributed by atoms with Gasteiger partial charge in [-0.25, -0.2) is 4.98 Å². The Kier molecular flexibility index (Phi) is 5.53. The number of nitrogens with zero attached hydrogens (tertiary/aromatic N) is 2. The largest absolute Gasteiger partial charge is 0.352 e. The monoisotopic (exact) mass is 348 g/mol. The highest BCUT2D eigenvalue weighted by molar-refractivity contribution is 5.76. The molecule has 3 aromatic rings. The molecule has 0 unspecified atom stereocenters. The van der Waals surface area contributed by atoms with Crippen LogP contribution in [0.4, 0.5) is 0 Å². The van der Waals surface area contributed by atoms with Gasteiger partial charge in [0, 0.05) is 42.2 Å². The second kappa shape index (κ2) is 8.20. The van der Waals surface area contributed by atoms with Crippen LogP contribution in [0.2, 0.25) is 0 Å². The number of carbonyl (C=O) groups excluding carboxylic acids is 1. The lowest BCUT2D eigenvalue weighted by Gasteiger charge is -2.08. The number of hydrogen-bond donors (Lipinski definition) is 2. The molecule has 6 heteroatoms. The lowest BCUT2D eigenvalue weighted by atomic mass is 10.1. The van der Waals surface area contributed by atoms with Crippen LogP contribution in [-0.2, 0) is 17.8 Å². The Bertz CT molecular complexity index is 937. The van der Waals surface area contributed by atoms with Crippen molar-refractivity contribution in [1.82, 2.24) is 20.3 Å². The highest BCUT2D eigenvalue weighted by Gasteiger charge is 2.11. The van der Waals surface area contributed by atoms with E-state index in [0.717, 1.165) is 11.1 Å². The first-order valence-electron chi connectivity index (χ1n) is 8.44. The normalized spacial score (nSPS) is 10.5. The van der Waals surface area contributed by atoms with Gasteiger partial charge in [-0.1, -0.05) is 30.3 Å². The van der Waals surface area contributed by atoms with Crippen molar-refractivity contribution in [3.05, 3.63) is 82.0 Å². The van der Waals surface area contributed by atoms with Crippen molar-refractivity contribution < 1.29 is 4.79 Å². The molecule has 3 rings (SSSR count). The summed E-state index contributed by atoms with van der Waals surface area (Å²) in [5.74, 6) is 0.391. The Labute approximate surface area is 151 Å². The molecule has 0 aliphatic carbocycles. The lowest BCUT2D eigenvalue weighted by Crippen LogP contribution is -2.25. The molecule has 0 fully saturated rings. The predicted octanol–water partition coefficient (Wildman–Crippen LogP) is 2.39. The molecule has 2 aromatic heterocycles. The third-order valence-corrected chi connectivity index (χ3v) is 4.09. The lowest BCUT2D eigenvalue weighted by molar-refractivity contribution is -0.121. The Morgan fingerprint density at radius 3 is 2.65 bits per heavy atom. The summed E-state index contributed by atoms with van der Waals surface area (Å²) < 4.78 is 0. The summed E-state index contributed by atoms with van der Waals surface area (Å²) in [6, 6.07) is 13.3. The Morgan fingerprint density at radius 1 is 1.15 bits per heavy atom. The molecule has 2 heterocycles. The molecule has 0 aliphatic rings. The number of hydrogen-bond acceptors (Lipinski definition) is 4. The van der Waals surface area contributed by atoms with Gasteiger partial charge in [-0.2, -0.15) is 0 Å². The van der Waals surface area contributed by atoms with Gasteiger partial charge in [0.1, 0.15) is 5.82 Å². The zero-order valence-corrected chi connectivity index (χ0v) is 14.5. The minimum atomic E-state index is -0.216. The second-order valence-corrected chi connectivity index (χ2v) is 5.98. The summed E-state index contributed by atoms with van der Waals surface area (Å²) in [6.45, 7) is 2.26. The molecule has 132 valence electrons. The summed E-state index contributed by atoms with van der Waals surface area (Å²) in [7, 11) is 0. The molecule has 0 bridgehead atoms. The summed E-state index contributed by atoms with van der Waals surface area (Å²) in [6.07, 6.45) is 3.90. The second-order valence-electron chi connectivity index (χ2n) is 5.98. The fraction of sp³-hybridized carbons (Fsp3) is 0.200. The summed E-state index contributed by atoms with van der Waals surface area (Å²) >= 11 is 0. The fourth-order valence-electron chi connectivity index (χ4n) is 2.67. The van der Waals surface area contributed by atoms with Crippen molar-refractivity contribution in [1.29, 1.82) is 0 Å². The zero-order valence-electron chi connectivity index (χ0n) is 14.5. The van der Waals surface area contributed by atoms with E-state index >= 15 is 0 Å². The van der Waals surface area contributed by atoms with Gasteiger partial charge in [0.05, 0.1) is 0 Å². The number of aromatic nitrogens is 3. The third kappa shape index (κ3) is 4.42. The molecule has 1 aromatic carbocycles. The smallest absolute Gasteiger partial charge is 0.254 e. The molecule has 0 saturated carbocycles. The van der Waals surface area contributed by atoms with Crippen LogP contribution < -0.4 is 10.9 Å². The standard InChI is InChI=1S/C20H20N4O2/c1-14-17(9-10-18(25)22-12-15-6-3-2-4-7-15)20(26)24-19(23-14)16-8-5-11-21-13-16/h2-8,11,13H,9-10,12H2,1H3,(H,22,25)(H,23,24,26). The van der Waals surface area contributed by atoms with Crippen molar-refractivity contribution in [3.63, 3.8) is 0 Å². The number of aromatic amines is 1. The Morgan fingerprint density at radius 2 is 1.96 bits per heavy atom. The van der Waals surface area contributed by atoms with Gasteiger partial charge < -0.3 is 10.3 Å². The van der Waals surface area contributed by atoms with Crippen molar-refractivity contribution in [2.24, 2.45) is 0 Å². The molecule has 1 amide bonds. The maximum atomic E-state index is 12.4. The van der Waals surface area contributed by atoms with Crippen LogP contribution in [0.3, 0.4) is 0 Å². The van der Waals surface area contributed by atoms with Gasteiger partial charge in [-0.15, -0.1) is 0 Å². The molecule has 0 spiro atoms. The van der Waals surface area contributed by atoms with Crippen LogP contribution in [0.1, 0.15) is 23.2 Å². The van der Waals surface area contributed by atoms with E-state index in [1.807, 2.05) is 36.4 Å². The van der Waals surface area contributed by atoms with Crippen molar-refractivity contribution >= 4 is 5.91 Å². The van der Waals surface area contributed by atoms with E-state index in [4.69, 9.17) is 0 Å². The topological polar surface area (TPSA) is 87.7 Å². The van der Waals surface area contributed by atoms with Gasteiger partial charge in [-0.05, 0) is 31.0 Å². The molecular formula is C20H20N4O2. The summed E-state index contributed by atoms with van der Waals surface area (Å²) in [4.78, 5) is 35.7. The van der Waals surface area contributed by atoms with Crippen LogP contribution in [0, 0.1) is 6.92 Å². The van der Waals surface area contributed by atoms with Crippen LogP contribution in [0.15, 0.2) is 59.7 Å². The number of benzene rings is 1. The molecule has 0 atom stereocenters. The van der Waals surface area contributed by atoms with Crippen LogP contribution in [0.5, 0.6) is 0 Å². The summed E-state index contributed by atoms with van der Waals surface area (Å²) in [5.41, 5.74) is 2.74. The predicted molar refractivity (Wildman–Crippen MR) is 99.4 cm³/mol. The average molecular weight is 348 g/mol. The number of rotatable bonds is 6. The van der Waals surface area contributed by atoms with E-state index in [1.165, 1.54) is 0 Å². The zero-order chi connectivity index (χ0) is 18.4. The van der Waals surface area contributed by atoms with Crippen LogP contribution in [-0.4, -0.2) is 20.9 Å². The molecule has 2 N–H and O–H groups in total. The molecule has 0 aliphatic heterocycles. The number of nitrogens with one attached hydrogen (secondary N) is 2. The number of carbonyl (C=O) groups is 1. The number of amides is 1. The van der Waals surface area contributed by atoms with E-state index in [9.17, 15) is 9.59 Å². The molecule has 0 radical (unpaired) electrons. The van der Waals surface area contributed by atoms with Crippen molar-refractivity contribution in [2.75, 3.05) is 0 Å². The van der Waals surface area contributed by atoms with E-state index in [2.05, 4.69) is 20.3 Å². The highest BCUT2D eigenvalue weighted by atomic mass is 16.1. The quantitative estimate of drug-likeness (QED) is 0.716. The first-order chi connectivity index (χ1) is 12.6. The van der Waals surface area contributed by atoms with Crippen molar-refractivity contribution in [3.8, 4) is 11.4 Å². The Balaban J connectivity index is 1.63. The maximum absolute atomic E-state index is 12.4. The van der Waals surface area contributed by atoms with E-state index in [-0.39, 0.29) is 17.9 Å². The molecular weight excluding hydrogens is 328 g/mol. The van der Waals surface area contributed by atoms with Gasteiger partial charge in [0.2, 0.25) is 5.91 Å². The molecule has 6 nitrogen and oxygen atoms in total. The van der Waals surface area contributed by atoms with Gasteiger partial charge in [0.15, 0.2) is 0 Å². The molecule has 0 saturated heterocycles. The van der Waals surface area contributed by atoms with Gasteiger partial charge in [0.25, 0.3) is 5.56 Å². The number of H-pyrrole nitrogens is 1. The summed E-state index contributed by atoms with van der Waals surface area (Å²) in [5, 5.41) is 2.87. The van der Waals surface area contributed by atoms with Gasteiger partial charge >= 0.3 is 0 Å². The minimum absolute atomic E-state index is 0.0935. The number of aryl methyl sites for hydroxylation is 1. The van der Waals surface area contributed by atoms with Crippen LogP contribution >= 0.6 is 0 Å². The van der Waals surface area contributed by atoms with Crippen LogP contribution in [0.25, 0.3) is 11.4 Å². The van der Waals surface area contributed by atoms with E-state index in [0.29, 0.717) is 30.0 Å². The highest BCUT2D eigenvalue weighted by Crippen LogP contribution is 2.13.